The maximum Gasteiger partial charge on any atom is 0.0475 e. The molecule has 1 fully saturated rings. The highest BCUT2D eigenvalue weighted by molar-refractivity contribution is 5.48. The number of rotatable bonds is 3. The van der Waals surface area contributed by atoms with E-state index in [1.165, 1.54) is 43.5 Å². The fourth-order valence-corrected chi connectivity index (χ4v) is 2.52. The highest BCUT2D eigenvalue weighted by atomic mass is 15.2. The Morgan fingerprint density at radius 1 is 1.29 bits per heavy atom. The van der Waals surface area contributed by atoms with Crippen LogP contribution in [0.2, 0.25) is 0 Å². The highest BCUT2D eigenvalue weighted by Crippen LogP contribution is 2.26. The quantitative estimate of drug-likeness (QED) is 0.694. The smallest absolute Gasteiger partial charge is 0.0475 e. The Labute approximate surface area is 105 Å². The van der Waals surface area contributed by atoms with E-state index >= 15 is 0 Å². The summed E-state index contributed by atoms with van der Waals surface area (Å²) in [4.78, 5) is 2.56. The van der Waals surface area contributed by atoms with Gasteiger partial charge in [0.1, 0.15) is 0 Å². The second-order valence-corrected chi connectivity index (χ2v) is 4.96. The molecule has 1 aliphatic heterocycles. The molecule has 1 aromatic rings. The summed E-state index contributed by atoms with van der Waals surface area (Å²) in [5.41, 5.74) is 2.88. The Balaban J connectivity index is 2.18. The van der Waals surface area contributed by atoms with Crippen LogP contribution in [-0.2, 0) is 0 Å². The monoisotopic (exact) mass is 229 g/mol. The van der Waals surface area contributed by atoms with Gasteiger partial charge in [0.2, 0.25) is 0 Å². The summed E-state index contributed by atoms with van der Waals surface area (Å²) < 4.78 is 0. The van der Waals surface area contributed by atoms with E-state index < -0.39 is 0 Å². The third-order valence-corrected chi connectivity index (χ3v) is 3.67. The van der Waals surface area contributed by atoms with Crippen LogP contribution in [0.4, 0.5) is 5.69 Å². The van der Waals surface area contributed by atoms with Crippen LogP contribution in [0.1, 0.15) is 39.5 Å². The molecule has 1 aliphatic rings. The van der Waals surface area contributed by atoms with E-state index in [0.717, 1.165) is 0 Å². The molecule has 1 nitrogen and oxygen atoms in total. The molecular weight excluding hydrogens is 206 g/mol. The van der Waals surface area contributed by atoms with Gasteiger partial charge in [-0.1, -0.05) is 36.8 Å². The molecule has 0 aliphatic carbocycles. The Morgan fingerprint density at radius 3 is 2.76 bits per heavy atom. The van der Waals surface area contributed by atoms with Crippen LogP contribution < -0.4 is 4.90 Å². The summed E-state index contributed by atoms with van der Waals surface area (Å²) in [6, 6.07) is 11.4. The summed E-state index contributed by atoms with van der Waals surface area (Å²) in [5, 5.41) is 0. The van der Waals surface area contributed by atoms with Gasteiger partial charge < -0.3 is 4.90 Å². The number of anilines is 1. The van der Waals surface area contributed by atoms with Crippen molar-refractivity contribution in [2.45, 2.75) is 45.6 Å². The summed E-state index contributed by atoms with van der Waals surface area (Å²) in [7, 11) is 0. The molecule has 0 N–H and O–H groups in total. The molecule has 1 aromatic carbocycles. The van der Waals surface area contributed by atoms with E-state index in [0.29, 0.717) is 6.04 Å². The zero-order chi connectivity index (χ0) is 12.1. The lowest BCUT2D eigenvalue weighted by atomic mass is 9.98. The Morgan fingerprint density at radius 2 is 2.06 bits per heavy atom. The van der Waals surface area contributed by atoms with Crippen molar-refractivity contribution in [3.8, 4) is 0 Å². The second-order valence-electron chi connectivity index (χ2n) is 4.96. The van der Waals surface area contributed by atoms with Crippen molar-refractivity contribution in [3.63, 3.8) is 0 Å². The fraction of sp³-hybridized carbons (Fsp3) is 0.500. The number of hydrogen-bond donors (Lipinski definition) is 0. The lowest BCUT2D eigenvalue weighted by molar-refractivity contribution is 0.512. The van der Waals surface area contributed by atoms with E-state index in [-0.39, 0.29) is 0 Å². The number of nitrogens with zero attached hydrogens (tertiary/aromatic N) is 1. The van der Waals surface area contributed by atoms with Crippen molar-refractivity contribution >= 4 is 5.69 Å². The normalized spacial score (nSPS) is 21.6. The SMILES string of the molecule is CC/C(C)=C\C1CCCCN1c1ccccc1. The van der Waals surface area contributed by atoms with Crippen LogP contribution in [0.25, 0.3) is 0 Å². The van der Waals surface area contributed by atoms with Gasteiger partial charge in [-0.25, -0.2) is 0 Å². The predicted octanol–water partition coefficient (Wildman–Crippen LogP) is 4.40. The number of allylic oxidation sites excluding steroid dienone is 1. The molecule has 17 heavy (non-hydrogen) atoms. The molecule has 1 saturated heterocycles. The minimum absolute atomic E-state index is 0.603. The highest BCUT2D eigenvalue weighted by Gasteiger charge is 2.20. The van der Waals surface area contributed by atoms with Crippen molar-refractivity contribution in [1.82, 2.24) is 0 Å². The summed E-state index contributed by atoms with van der Waals surface area (Å²) >= 11 is 0. The molecular formula is C16H23N. The van der Waals surface area contributed by atoms with Gasteiger partial charge in [0, 0.05) is 18.3 Å². The van der Waals surface area contributed by atoms with Crippen LogP contribution in [0.5, 0.6) is 0 Å². The topological polar surface area (TPSA) is 3.24 Å². The first kappa shape index (κ1) is 12.2. The maximum atomic E-state index is 2.56. The van der Waals surface area contributed by atoms with Crippen LogP contribution in [0, 0.1) is 0 Å². The van der Waals surface area contributed by atoms with Crippen LogP contribution in [0.15, 0.2) is 42.0 Å². The first-order chi connectivity index (χ1) is 8.31. The van der Waals surface area contributed by atoms with Gasteiger partial charge in [-0.05, 0) is 44.7 Å². The van der Waals surface area contributed by atoms with Crippen molar-refractivity contribution in [2.24, 2.45) is 0 Å². The molecule has 0 spiro atoms. The van der Waals surface area contributed by atoms with Gasteiger partial charge in [0.15, 0.2) is 0 Å². The van der Waals surface area contributed by atoms with Crippen molar-refractivity contribution in [2.75, 3.05) is 11.4 Å². The van der Waals surface area contributed by atoms with Crippen molar-refractivity contribution in [1.29, 1.82) is 0 Å². The summed E-state index contributed by atoms with van der Waals surface area (Å²) in [6.45, 7) is 5.68. The standard InChI is InChI=1S/C16H23N/c1-3-14(2)13-16-11-7-8-12-17(16)15-9-5-4-6-10-15/h4-6,9-10,13,16H,3,7-8,11-12H2,1-2H3/b14-13-. The van der Waals surface area contributed by atoms with Gasteiger partial charge >= 0.3 is 0 Å². The van der Waals surface area contributed by atoms with Crippen LogP contribution in [-0.4, -0.2) is 12.6 Å². The molecule has 0 bridgehead atoms. The zero-order valence-electron chi connectivity index (χ0n) is 11.0. The number of hydrogen-bond acceptors (Lipinski definition) is 1. The fourth-order valence-electron chi connectivity index (χ4n) is 2.52. The van der Waals surface area contributed by atoms with Gasteiger partial charge in [0.25, 0.3) is 0 Å². The van der Waals surface area contributed by atoms with Gasteiger partial charge in [0.05, 0.1) is 0 Å². The van der Waals surface area contributed by atoms with E-state index in [1.54, 1.807) is 0 Å². The molecule has 1 heteroatoms. The van der Waals surface area contributed by atoms with E-state index in [9.17, 15) is 0 Å². The van der Waals surface area contributed by atoms with Crippen LogP contribution >= 0.6 is 0 Å². The van der Waals surface area contributed by atoms with E-state index in [1.807, 2.05) is 0 Å². The van der Waals surface area contributed by atoms with E-state index in [4.69, 9.17) is 0 Å². The predicted molar refractivity (Wildman–Crippen MR) is 75.5 cm³/mol. The molecule has 0 aromatic heterocycles. The van der Waals surface area contributed by atoms with Crippen LogP contribution in [0.3, 0.4) is 0 Å². The van der Waals surface area contributed by atoms with Gasteiger partial charge in [-0.15, -0.1) is 0 Å². The largest absolute Gasteiger partial charge is 0.365 e. The molecule has 1 heterocycles. The summed E-state index contributed by atoms with van der Waals surface area (Å²) in [5.74, 6) is 0. The number of piperidine rings is 1. The van der Waals surface area contributed by atoms with Gasteiger partial charge in [-0.2, -0.15) is 0 Å². The lowest BCUT2D eigenvalue weighted by Crippen LogP contribution is -2.38. The van der Waals surface area contributed by atoms with Crippen molar-refractivity contribution in [3.05, 3.63) is 42.0 Å². The molecule has 0 radical (unpaired) electrons. The molecule has 0 amide bonds. The Kier molecular flexibility index (Phi) is 4.24. The second kappa shape index (κ2) is 5.90. The minimum Gasteiger partial charge on any atom is -0.365 e. The number of para-hydroxylation sites is 1. The Bertz CT molecular complexity index is 366. The first-order valence-corrected chi connectivity index (χ1v) is 6.80. The van der Waals surface area contributed by atoms with E-state index in [2.05, 4.69) is 55.2 Å². The van der Waals surface area contributed by atoms with Gasteiger partial charge in [-0.3, -0.25) is 0 Å². The number of benzene rings is 1. The molecule has 1 atom stereocenters. The molecule has 1 unspecified atom stereocenters. The Hall–Kier alpha value is -1.24. The minimum atomic E-state index is 0.603. The third kappa shape index (κ3) is 3.12. The molecule has 2 rings (SSSR count). The molecule has 0 saturated carbocycles. The zero-order valence-corrected chi connectivity index (χ0v) is 11.0. The summed E-state index contributed by atoms with van der Waals surface area (Å²) in [6.07, 6.45) is 7.61. The lowest BCUT2D eigenvalue weighted by Gasteiger charge is -2.36. The third-order valence-electron chi connectivity index (χ3n) is 3.67. The first-order valence-electron chi connectivity index (χ1n) is 6.80. The maximum absolute atomic E-state index is 2.56. The molecule has 92 valence electrons. The average molecular weight is 229 g/mol. The average Bonchev–Trinajstić information content (AvgIpc) is 2.40. The van der Waals surface area contributed by atoms with Crippen molar-refractivity contribution < 1.29 is 0 Å².